The Kier molecular flexibility index (Phi) is 7.37. The first-order chi connectivity index (χ1) is 10.1. The number of carbonyl (C=O) groups excluding carboxylic acids is 1. The van der Waals surface area contributed by atoms with Gasteiger partial charge in [0, 0.05) is 6.08 Å². The molecule has 0 saturated carbocycles. The van der Waals surface area contributed by atoms with E-state index < -0.39 is 0 Å². The number of unbranched alkanes of at least 4 members (excludes halogenated alkanes) is 1. The highest BCUT2D eigenvalue weighted by atomic mass is 16.5. The third kappa shape index (κ3) is 6.34. The molecule has 0 N–H and O–H groups in total. The predicted octanol–water partition coefficient (Wildman–Crippen LogP) is 3.84. The maximum Gasteiger partial charge on any atom is 0.331 e. The summed E-state index contributed by atoms with van der Waals surface area (Å²) in [4.78, 5) is 11.5. The normalized spacial score (nSPS) is 10.9. The number of methoxy groups -OCH3 is 1. The van der Waals surface area contributed by atoms with E-state index in [2.05, 4.69) is 6.92 Å². The Morgan fingerprint density at radius 3 is 2.67 bits per heavy atom. The molecule has 0 atom stereocenters. The lowest BCUT2D eigenvalue weighted by Gasteiger charge is -2.11. The Hall–Kier alpha value is -1.97. The van der Waals surface area contributed by atoms with E-state index in [1.54, 1.807) is 13.2 Å². The van der Waals surface area contributed by atoms with Gasteiger partial charge in [0.05, 0.1) is 19.8 Å². The molecule has 0 radical (unpaired) electrons. The topological polar surface area (TPSA) is 44.8 Å². The van der Waals surface area contributed by atoms with Crippen LogP contribution in [0.15, 0.2) is 24.3 Å². The lowest BCUT2D eigenvalue weighted by molar-refractivity contribution is -0.141. The molecule has 1 aromatic rings. The summed E-state index contributed by atoms with van der Waals surface area (Å²) in [6, 6.07) is 5.56. The molecule has 0 amide bonds. The van der Waals surface area contributed by atoms with E-state index in [-0.39, 0.29) is 12.1 Å². The molecule has 4 nitrogen and oxygen atoms in total. The highest BCUT2D eigenvalue weighted by Gasteiger charge is 2.05. The van der Waals surface area contributed by atoms with Crippen molar-refractivity contribution < 1.29 is 19.0 Å². The molecule has 0 fully saturated rings. The molecule has 4 heteroatoms. The number of hydrogen-bond donors (Lipinski definition) is 0. The van der Waals surface area contributed by atoms with Crippen molar-refractivity contribution in [3.05, 3.63) is 29.8 Å². The maximum atomic E-state index is 11.5. The molecule has 0 aliphatic carbocycles. The van der Waals surface area contributed by atoms with Crippen molar-refractivity contribution in [1.29, 1.82) is 0 Å². The Morgan fingerprint density at radius 2 is 2.05 bits per heavy atom. The Morgan fingerprint density at radius 1 is 1.29 bits per heavy atom. The van der Waals surface area contributed by atoms with Crippen LogP contribution in [0.2, 0.25) is 0 Å². The van der Waals surface area contributed by atoms with Crippen LogP contribution in [0, 0.1) is 0 Å². The van der Waals surface area contributed by atoms with E-state index in [1.807, 2.05) is 32.0 Å². The van der Waals surface area contributed by atoms with Crippen molar-refractivity contribution >= 4 is 12.0 Å². The van der Waals surface area contributed by atoms with E-state index in [1.165, 1.54) is 6.08 Å². The van der Waals surface area contributed by atoms with Crippen molar-refractivity contribution in [2.45, 2.75) is 39.7 Å². The Labute approximate surface area is 126 Å². The molecule has 0 heterocycles. The third-order valence-corrected chi connectivity index (χ3v) is 2.71. The molecule has 1 aromatic carbocycles. The molecular formula is C17H24O4. The van der Waals surface area contributed by atoms with Crippen molar-refractivity contribution in [3.8, 4) is 11.5 Å². The molecule has 0 saturated heterocycles. The van der Waals surface area contributed by atoms with Gasteiger partial charge < -0.3 is 14.2 Å². The summed E-state index contributed by atoms with van der Waals surface area (Å²) < 4.78 is 16.0. The first kappa shape index (κ1) is 17.1. The van der Waals surface area contributed by atoms with E-state index in [4.69, 9.17) is 14.2 Å². The van der Waals surface area contributed by atoms with E-state index in [0.717, 1.165) is 18.4 Å². The fourth-order valence-electron chi connectivity index (χ4n) is 1.67. The standard InChI is InChI=1S/C17H24O4/c1-5-6-11-20-15-9-7-14(12-16(15)19-4)8-10-17(18)21-13(2)3/h7-10,12-13H,5-6,11H2,1-4H3. The van der Waals surface area contributed by atoms with Crippen molar-refractivity contribution in [2.75, 3.05) is 13.7 Å². The highest BCUT2D eigenvalue weighted by Crippen LogP contribution is 2.28. The number of ether oxygens (including phenoxy) is 3. The second kappa shape index (κ2) is 9.06. The largest absolute Gasteiger partial charge is 0.493 e. The predicted molar refractivity (Wildman–Crippen MR) is 83.7 cm³/mol. The summed E-state index contributed by atoms with van der Waals surface area (Å²) >= 11 is 0. The van der Waals surface area contributed by atoms with Gasteiger partial charge in [-0.3, -0.25) is 0 Å². The average molecular weight is 292 g/mol. The maximum absolute atomic E-state index is 11.5. The summed E-state index contributed by atoms with van der Waals surface area (Å²) in [5, 5.41) is 0. The van der Waals surface area contributed by atoms with Gasteiger partial charge >= 0.3 is 5.97 Å². The van der Waals surface area contributed by atoms with Gasteiger partial charge in [-0.05, 0) is 44.0 Å². The SMILES string of the molecule is CCCCOc1ccc(C=CC(=O)OC(C)C)cc1OC. The molecule has 0 aromatic heterocycles. The lowest BCUT2D eigenvalue weighted by atomic mass is 10.2. The molecule has 1 rings (SSSR count). The molecule has 0 unspecified atom stereocenters. The van der Waals surface area contributed by atoms with Gasteiger partial charge in [0.25, 0.3) is 0 Å². The van der Waals surface area contributed by atoms with Crippen LogP contribution in [0.3, 0.4) is 0 Å². The first-order valence-electron chi connectivity index (χ1n) is 7.26. The average Bonchev–Trinajstić information content (AvgIpc) is 2.45. The lowest BCUT2D eigenvalue weighted by Crippen LogP contribution is -2.08. The summed E-state index contributed by atoms with van der Waals surface area (Å²) in [6.45, 7) is 6.42. The second-order valence-corrected chi connectivity index (χ2v) is 4.93. The van der Waals surface area contributed by atoms with Crippen LogP contribution in [-0.2, 0) is 9.53 Å². The molecule has 0 spiro atoms. The molecule has 0 aliphatic rings. The van der Waals surface area contributed by atoms with Gasteiger partial charge in [0.15, 0.2) is 11.5 Å². The molecular weight excluding hydrogens is 268 g/mol. The Bertz CT molecular complexity index is 478. The second-order valence-electron chi connectivity index (χ2n) is 4.93. The van der Waals surface area contributed by atoms with E-state index in [9.17, 15) is 4.79 Å². The van der Waals surface area contributed by atoms with Gasteiger partial charge in [-0.25, -0.2) is 4.79 Å². The van der Waals surface area contributed by atoms with Crippen molar-refractivity contribution in [1.82, 2.24) is 0 Å². The summed E-state index contributed by atoms with van der Waals surface area (Å²) in [7, 11) is 1.60. The van der Waals surface area contributed by atoms with Gasteiger partial charge in [0.1, 0.15) is 0 Å². The van der Waals surface area contributed by atoms with Gasteiger partial charge in [-0.2, -0.15) is 0 Å². The zero-order valence-corrected chi connectivity index (χ0v) is 13.2. The number of esters is 1. The fraction of sp³-hybridized carbons (Fsp3) is 0.471. The van der Waals surface area contributed by atoms with Crippen molar-refractivity contribution in [3.63, 3.8) is 0 Å². The smallest absolute Gasteiger partial charge is 0.331 e. The summed E-state index contributed by atoms with van der Waals surface area (Å²) in [5.74, 6) is 1.02. The number of rotatable bonds is 8. The number of benzene rings is 1. The fourth-order valence-corrected chi connectivity index (χ4v) is 1.67. The first-order valence-corrected chi connectivity index (χ1v) is 7.26. The van der Waals surface area contributed by atoms with E-state index >= 15 is 0 Å². The number of hydrogen-bond acceptors (Lipinski definition) is 4. The van der Waals surface area contributed by atoms with Crippen LogP contribution in [0.5, 0.6) is 11.5 Å². The Balaban J connectivity index is 2.72. The third-order valence-electron chi connectivity index (χ3n) is 2.71. The zero-order chi connectivity index (χ0) is 15.7. The van der Waals surface area contributed by atoms with Crippen LogP contribution in [0.1, 0.15) is 39.2 Å². The van der Waals surface area contributed by atoms with Crippen molar-refractivity contribution in [2.24, 2.45) is 0 Å². The molecule has 0 bridgehead atoms. The summed E-state index contributed by atoms with van der Waals surface area (Å²) in [6.07, 6.45) is 5.08. The highest BCUT2D eigenvalue weighted by molar-refractivity contribution is 5.87. The minimum Gasteiger partial charge on any atom is -0.493 e. The van der Waals surface area contributed by atoms with Crippen LogP contribution < -0.4 is 9.47 Å². The van der Waals surface area contributed by atoms with Crippen LogP contribution in [0.4, 0.5) is 0 Å². The minimum atomic E-state index is -0.354. The van der Waals surface area contributed by atoms with Crippen LogP contribution >= 0.6 is 0 Å². The molecule has 116 valence electrons. The van der Waals surface area contributed by atoms with Crippen LogP contribution in [0.25, 0.3) is 6.08 Å². The van der Waals surface area contributed by atoms with E-state index in [0.29, 0.717) is 18.1 Å². The minimum absolute atomic E-state index is 0.119. The number of carbonyl (C=O) groups is 1. The van der Waals surface area contributed by atoms with Gasteiger partial charge in [0.2, 0.25) is 0 Å². The van der Waals surface area contributed by atoms with Gasteiger partial charge in [-0.15, -0.1) is 0 Å². The zero-order valence-electron chi connectivity index (χ0n) is 13.2. The monoisotopic (exact) mass is 292 g/mol. The molecule has 0 aliphatic heterocycles. The summed E-state index contributed by atoms with van der Waals surface area (Å²) in [5.41, 5.74) is 0.857. The van der Waals surface area contributed by atoms with Crippen LogP contribution in [-0.4, -0.2) is 25.8 Å². The molecule has 21 heavy (non-hydrogen) atoms. The van der Waals surface area contributed by atoms with Gasteiger partial charge in [-0.1, -0.05) is 19.4 Å². The quantitative estimate of drug-likeness (QED) is 0.415.